The van der Waals surface area contributed by atoms with E-state index in [1.165, 1.54) is 5.56 Å². The molecule has 1 aliphatic heterocycles. The second kappa shape index (κ2) is 6.33. The highest BCUT2D eigenvalue weighted by atomic mass is 16.3. The van der Waals surface area contributed by atoms with E-state index in [0.29, 0.717) is 6.54 Å². The molecule has 1 N–H and O–H groups in total. The lowest BCUT2D eigenvalue weighted by molar-refractivity contribution is 0.207. The molecule has 0 saturated heterocycles. The molecule has 0 unspecified atom stereocenters. The summed E-state index contributed by atoms with van der Waals surface area (Å²) >= 11 is 0. The van der Waals surface area contributed by atoms with Crippen molar-refractivity contribution in [3.05, 3.63) is 48.0 Å². The van der Waals surface area contributed by atoms with Crippen LogP contribution in [0.5, 0.6) is 0 Å². The summed E-state index contributed by atoms with van der Waals surface area (Å²) in [6.45, 7) is 3.33. The van der Waals surface area contributed by atoms with Crippen molar-refractivity contribution in [2.75, 3.05) is 26.2 Å². The van der Waals surface area contributed by atoms with E-state index in [1.807, 2.05) is 18.2 Å². The average Bonchev–Trinajstić information content (AvgIpc) is 2.83. The highest BCUT2D eigenvalue weighted by Gasteiger charge is 2.09. The van der Waals surface area contributed by atoms with E-state index in [2.05, 4.69) is 34.2 Å². The van der Waals surface area contributed by atoms with Gasteiger partial charge >= 0.3 is 0 Å². The Morgan fingerprint density at radius 1 is 1.18 bits per heavy atom. The maximum Gasteiger partial charge on any atom is 0.0577 e. The zero-order chi connectivity index (χ0) is 11.9. The van der Waals surface area contributed by atoms with Crippen molar-refractivity contribution in [3.8, 4) is 0 Å². The maximum absolute atomic E-state index is 9.09. The fraction of sp³-hybridized carbons (Fsp3) is 0.357. The van der Waals surface area contributed by atoms with Gasteiger partial charge in [0.15, 0.2) is 0 Å². The molecule has 1 aromatic rings. The first-order valence-corrected chi connectivity index (χ1v) is 5.95. The van der Waals surface area contributed by atoms with E-state index in [0.717, 1.165) is 25.3 Å². The molecule has 0 radical (unpaired) electrons. The third kappa shape index (κ3) is 3.80. The number of hydrogen-bond donors (Lipinski definition) is 1. The molecule has 3 nitrogen and oxygen atoms in total. The monoisotopic (exact) mass is 230 g/mol. The van der Waals surface area contributed by atoms with E-state index in [9.17, 15) is 0 Å². The Morgan fingerprint density at radius 3 is 2.65 bits per heavy atom. The molecule has 1 heterocycles. The SMILES string of the molecule is OCCN(CC1=NCC=C1)Cc1ccccc1. The van der Waals surface area contributed by atoms with Gasteiger partial charge < -0.3 is 5.11 Å². The summed E-state index contributed by atoms with van der Waals surface area (Å²) in [6.07, 6.45) is 4.13. The fourth-order valence-electron chi connectivity index (χ4n) is 1.94. The Hall–Kier alpha value is -1.45. The van der Waals surface area contributed by atoms with Crippen LogP contribution in [0.25, 0.3) is 0 Å². The maximum atomic E-state index is 9.09. The van der Waals surface area contributed by atoms with E-state index in [4.69, 9.17) is 5.11 Å². The molecule has 0 bridgehead atoms. The number of hydrogen-bond acceptors (Lipinski definition) is 3. The molecule has 0 aromatic heterocycles. The highest BCUT2D eigenvalue weighted by molar-refractivity contribution is 5.98. The smallest absolute Gasteiger partial charge is 0.0577 e. The summed E-state index contributed by atoms with van der Waals surface area (Å²) < 4.78 is 0. The number of aliphatic imine (C=N–C) groups is 1. The van der Waals surface area contributed by atoms with Crippen LogP contribution in [0.15, 0.2) is 47.5 Å². The predicted octanol–water partition coefficient (Wildman–Crippen LogP) is 1.49. The number of nitrogens with zero attached hydrogens (tertiary/aromatic N) is 2. The molecule has 0 saturated carbocycles. The largest absolute Gasteiger partial charge is 0.395 e. The Morgan fingerprint density at radius 2 is 2.00 bits per heavy atom. The van der Waals surface area contributed by atoms with Gasteiger partial charge in [-0.25, -0.2) is 0 Å². The first-order valence-electron chi connectivity index (χ1n) is 5.95. The van der Waals surface area contributed by atoms with E-state index in [-0.39, 0.29) is 6.61 Å². The van der Waals surface area contributed by atoms with Crippen LogP contribution < -0.4 is 0 Å². The van der Waals surface area contributed by atoms with Gasteiger partial charge in [0.2, 0.25) is 0 Å². The second-order valence-corrected chi connectivity index (χ2v) is 4.15. The zero-order valence-electron chi connectivity index (χ0n) is 9.92. The van der Waals surface area contributed by atoms with E-state index >= 15 is 0 Å². The Kier molecular flexibility index (Phi) is 4.47. The van der Waals surface area contributed by atoms with Gasteiger partial charge in [0.05, 0.1) is 13.2 Å². The lowest BCUT2D eigenvalue weighted by Gasteiger charge is -2.20. The minimum atomic E-state index is 0.184. The van der Waals surface area contributed by atoms with Gasteiger partial charge in [-0.05, 0) is 11.6 Å². The highest BCUT2D eigenvalue weighted by Crippen LogP contribution is 2.05. The molecular weight excluding hydrogens is 212 g/mol. The minimum absolute atomic E-state index is 0.184. The molecule has 0 atom stereocenters. The first-order chi connectivity index (χ1) is 8.38. The van der Waals surface area contributed by atoms with E-state index in [1.54, 1.807) is 0 Å². The third-order valence-electron chi connectivity index (χ3n) is 2.76. The van der Waals surface area contributed by atoms with Gasteiger partial charge in [-0.1, -0.05) is 36.4 Å². The van der Waals surface area contributed by atoms with Gasteiger partial charge in [0.25, 0.3) is 0 Å². The van der Waals surface area contributed by atoms with Crippen LogP contribution in [0.2, 0.25) is 0 Å². The zero-order valence-corrected chi connectivity index (χ0v) is 9.92. The van der Waals surface area contributed by atoms with Crippen LogP contribution in [-0.4, -0.2) is 42.0 Å². The van der Waals surface area contributed by atoms with Gasteiger partial charge in [0.1, 0.15) is 0 Å². The summed E-state index contributed by atoms with van der Waals surface area (Å²) in [5.41, 5.74) is 2.37. The van der Waals surface area contributed by atoms with Crippen LogP contribution in [-0.2, 0) is 6.54 Å². The van der Waals surface area contributed by atoms with Crippen LogP contribution in [0, 0.1) is 0 Å². The molecular formula is C14H18N2O. The standard InChI is InChI=1S/C14H18N2O/c17-10-9-16(12-14-7-4-8-15-14)11-13-5-2-1-3-6-13/h1-7,17H,8-12H2. The average molecular weight is 230 g/mol. The van der Waals surface area contributed by atoms with E-state index < -0.39 is 0 Å². The number of aliphatic hydroxyl groups excluding tert-OH is 1. The molecule has 1 aliphatic rings. The molecule has 0 amide bonds. The molecule has 90 valence electrons. The summed E-state index contributed by atoms with van der Waals surface area (Å²) in [5.74, 6) is 0. The lowest BCUT2D eigenvalue weighted by Crippen LogP contribution is -2.31. The molecule has 0 aliphatic carbocycles. The van der Waals surface area contributed by atoms with Gasteiger partial charge in [-0.3, -0.25) is 9.89 Å². The Balaban J connectivity index is 1.94. The van der Waals surface area contributed by atoms with Gasteiger partial charge in [-0.2, -0.15) is 0 Å². The van der Waals surface area contributed by atoms with Crippen LogP contribution in [0.4, 0.5) is 0 Å². The number of aliphatic hydroxyl groups is 1. The summed E-state index contributed by atoms with van der Waals surface area (Å²) in [5, 5.41) is 9.09. The molecule has 2 rings (SSSR count). The Labute approximate surface area is 102 Å². The molecule has 0 spiro atoms. The molecule has 0 fully saturated rings. The van der Waals surface area contributed by atoms with Crippen LogP contribution in [0.1, 0.15) is 5.56 Å². The van der Waals surface area contributed by atoms with Crippen molar-refractivity contribution >= 4 is 5.71 Å². The molecule has 1 aromatic carbocycles. The molecule has 3 heteroatoms. The summed E-state index contributed by atoms with van der Waals surface area (Å²) in [6, 6.07) is 10.3. The predicted molar refractivity (Wildman–Crippen MR) is 70.2 cm³/mol. The van der Waals surface area contributed by atoms with Crippen molar-refractivity contribution in [1.82, 2.24) is 4.90 Å². The normalized spacial score (nSPS) is 14.4. The van der Waals surface area contributed by atoms with Crippen molar-refractivity contribution in [2.45, 2.75) is 6.54 Å². The Bertz CT molecular complexity index is 398. The summed E-state index contributed by atoms with van der Waals surface area (Å²) in [4.78, 5) is 6.59. The lowest BCUT2D eigenvalue weighted by atomic mass is 10.2. The third-order valence-corrected chi connectivity index (χ3v) is 2.76. The van der Waals surface area contributed by atoms with Gasteiger partial charge in [-0.15, -0.1) is 0 Å². The quantitative estimate of drug-likeness (QED) is 0.803. The first kappa shape index (κ1) is 12.0. The van der Waals surface area contributed by atoms with Crippen molar-refractivity contribution in [1.29, 1.82) is 0 Å². The van der Waals surface area contributed by atoms with Crippen molar-refractivity contribution < 1.29 is 5.11 Å². The van der Waals surface area contributed by atoms with Crippen LogP contribution in [0.3, 0.4) is 0 Å². The van der Waals surface area contributed by atoms with Crippen LogP contribution >= 0.6 is 0 Å². The second-order valence-electron chi connectivity index (χ2n) is 4.15. The minimum Gasteiger partial charge on any atom is -0.395 e. The molecule has 17 heavy (non-hydrogen) atoms. The van der Waals surface area contributed by atoms with Gasteiger partial charge in [0, 0.05) is 25.3 Å². The van der Waals surface area contributed by atoms with Crippen molar-refractivity contribution in [3.63, 3.8) is 0 Å². The summed E-state index contributed by atoms with van der Waals surface area (Å²) in [7, 11) is 0. The number of rotatable bonds is 6. The number of benzene rings is 1. The van der Waals surface area contributed by atoms with Crippen molar-refractivity contribution in [2.24, 2.45) is 4.99 Å². The fourth-order valence-corrected chi connectivity index (χ4v) is 1.94. The topological polar surface area (TPSA) is 35.8 Å².